The number of benzene rings is 1. The van der Waals surface area contributed by atoms with E-state index in [-0.39, 0.29) is 37.0 Å². The van der Waals surface area contributed by atoms with E-state index in [9.17, 15) is 16.8 Å². The van der Waals surface area contributed by atoms with Crippen molar-refractivity contribution in [2.75, 3.05) is 32.4 Å². The largest absolute Gasteiger partial charge is 0.243 e. The highest BCUT2D eigenvalue weighted by Crippen LogP contribution is 2.23. The minimum atomic E-state index is -3.65. The number of hydrogen-bond acceptors (Lipinski definition) is 4. The van der Waals surface area contributed by atoms with Gasteiger partial charge in [-0.05, 0) is 11.6 Å². The molecule has 9 heteroatoms. The highest BCUT2D eigenvalue weighted by atomic mass is 35.5. The van der Waals surface area contributed by atoms with Crippen LogP contribution in [0.4, 0.5) is 0 Å². The number of alkyl halides is 1. The van der Waals surface area contributed by atoms with Gasteiger partial charge < -0.3 is 0 Å². The summed E-state index contributed by atoms with van der Waals surface area (Å²) in [6.07, 6.45) is 1.12. The molecule has 0 saturated carbocycles. The molecule has 1 aliphatic rings. The lowest BCUT2D eigenvalue weighted by atomic mass is 10.2. The average molecular weight is 353 g/mol. The molecule has 0 aromatic heterocycles. The van der Waals surface area contributed by atoms with Gasteiger partial charge in [0.05, 0.1) is 11.2 Å². The molecule has 0 bridgehead atoms. The lowest BCUT2D eigenvalue weighted by molar-refractivity contribution is 0.274. The topological polar surface area (TPSA) is 74.8 Å². The van der Waals surface area contributed by atoms with Crippen LogP contribution < -0.4 is 0 Å². The van der Waals surface area contributed by atoms with Crippen LogP contribution in [0.15, 0.2) is 29.2 Å². The molecule has 0 N–H and O–H groups in total. The summed E-state index contributed by atoms with van der Waals surface area (Å²) in [7, 11) is -6.93. The molecule has 1 aliphatic heterocycles. The van der Waals surface area contributed by atoms with Gasteiger partial charge >= 0.3 is 0 Å². The summed E-state index contributed by atoms with van der Waals surface area (Å²) in [5.74, 6) is 0.110. The Morgan fingerprint density at radius 3 is 2.05 bits per heavy atom. The van der Waals surface area contributed by atoms with Crippen molar-refractivity contribution in [3.05, 3.63) is 29.8 Å². The summed E-state index contributed by atoms with van der Waals surface area (Å²) in [5, 5.41) is 0. The van der Waals surface area contributed by atoms with Gasteiger partial charge in [0, 0.05) is 32.1 Å². The van der Waals surface area contributed by atoms with Crippen molar-refractivity contribution in [3.63, 3.8) is 0 Å². The van der Waals surface area contributed by atoms with Crippen LogP contribution in [0, 0.1) is 0 Å². The Morgan fingerprint density at radius 2 is 1.52 bits per heavy atom. The van der Waals surface area contributed by atoms with Crippen LogP contribution in [-0.4, -0.2) is 57.9 Å². The monoisotopic (exact) mass is 352 g/mol. The van der Waals surface area contributed by atoms with Gasteiger partial charge in [0.2, 0.25) is 20.0 Å². The molecule has 0 unspecified atom stereocenters. The SMILES string of the molecule is CS(=O)(=O)N1CCN(S(=O)(=O)c2ccccc2CCl)CC1. The Labute approximate surface area is 130 Å². The van der Waals surface area contributed by atoms with E-state index in [0.717, 1.165) is 6.26 Å². The van der Waals surface area contributed by atoms with Gasteiger partial charge in [0.25, 0.3) is 0 Å². The predicted molar refractivity (Wildman–Crippen MR) is 81.2 cm³/mol. The van der Waals surface area contributed by atoms with E-state index in [1.54, 1.807) is 18.2 Å². The zero-order valence-electron chi connectivity index (χ0n) is 11.6. The van der Waals surface area contributed by atoms with Gasteiger partial charge in [-0.1, -0.05) is 18.2 Å². The fraction of sp³-hybridized carbons (Fsp3) is 0.500. The molecule has 0 radical (unpaired) electrons. The van der Waals surface area contributed by atoms with Crippen LogP contribution in [0.25, 0.3) is 0 Å². The van der Waals surface area contributed by atoms with E-state index in [0.29, 0.717) is 5.56 Å². The molecule has 0 aliphatic carbocycles. The van der Waals surface area contributed by atoms with Crippen molar-refractivity contribution in [2.45, 2.75) is 10.8 Å². The summed E-state index contributed by atoms with van der Waals surface area (Å²) in [6, 6.07) is 6.58. The standard InChI is InChI=1S/C12H17ClN2O4S2/c1-20(16,17)14-6-8-15(9-7-14)21(18,19)12-5-3-2-4-11(12)10-13/h2-5H,6-10H2,1H3. The van der Waals surface area contributed by atoms with Gasteiger partial charge in [0.1, 0.15) is 0 Å². The summed E-state index contributed by atoms with van der Waals surface area (Å²) in [5.41, 5.74) is 0.546. The zero-order chi connectivity index (χ0) is 15.7. The van der Waals surface area contributed by atoms with Crippen LogP contribution in [0.1, 0.15) is 5.56 Å². The second-order valence-corrected chi connectivity index (χ2v) is 8.96. The molecular weight excluding hydrogens is 336 g/mol. The highest BCUT2D eigenvalue weighted by Gasteiger charge is 2.32. The van der Waals surface area contributed by atoms with E-state index in [1.165, 1.54) is 14.7 Å². The van der Waals surface area contributed by atoms with Crippen molar-refractivity contribution >= 4 is 31.6 Å². The summed E-state index contributed by atoms with van der Waals surface area (Å²) in [4.78, 5) is 0.188. The molecular formula is C12H17ClN2O4S2. The van der Waals surface area contributed by atoms with Crippen molar-refractivity contribution in [1.29, 1.82) is 0 Å². The van der Waals surface area contributed by atoms with Crippen LogP contribution in [0.2, 0.25) is 0 Å². The molecule has 1 aromatic carbocycles. The Hall–Kier alpha value is -0.670. The van der Waals surface area contributed by atoms with E-state index in [4.69, 9.17) is 11.6 Å². The molecule has 0 atom stereocenters. The van der Waals surface area contributed by atoms with Crippen molar-refractivity contribution in [1.82, 2.24) is 8.61 Å². The van der Waals surface area contributed by atoms with Gasteiger partial charge in [-0.25, -0.2) is 16.8 Å². The first-order chi connectivity index (χ1) is 9.76. The van der Waals surface area contributed by atoms with Crippen LogP contribution >= 0.6 is 11.6 Å². The van der Waals surface area contributed by atoms with Gasteiger partial charge in [-0.15, -0.1) is 11.6 Å². The summed E-state index contributed by atoms with van der Waals surface area (Å²) < 4.78 is 50.7. The van der Waals surface area contributed by atoms with Gasteiger partial charge in [-0.3, -0.25) is 0 Å². The Morgan fingerprint density at radius 1 is 1.00 bits per heavy atom. The maximum atomic E-state index is 12.6. The number of halogens is 1. The average Bonchev–Trinajstić information content (AvgIpc) is 2.46. The quantitative estimate of drug-likeness (QED) is 0.747. The number of nitrogens with zero attached hydrogens (tertiary/aromatic N) is 2. The van der Waals surface area contributed by atoms with Crippen molar-refractivity contribution in [3.8, 4) is 0 Å². The fourth-order valence-electron chi connectivity index (χ4n) is 2.25. The van der Waals surface area contributed by atoms with Crippen molar-refractivity contribution < 1.29 is 16.8 Å². The normalized spacial score (nSPS) is 18.8. The number of piperazine rings is 1. The molecule has 1 saturated heterocycles. The van der Waals surface area contributed by atoms with Crippen LogP contribution in [0.5, 0.6) is 0 Å². The van der Waals surface area contributed by atoms with E-state index < -0.39 is 20.0 Å². The molecule has 2 rings (SSSR count). The highest BCUT2D eigenvalue weighted by molar-refractivity contribution is 7.89. The molecule has 21 heavy (non-hydrogen) atoms. The minimum absolute atomic E-state index is 0.110. The number of rotatable bonds is 4. The Kier molecular flexibility index (Phi) is 4.94. The molecule has 0 spiro atoms. The van der Waals surface area contributed by atoms with Gasteiger partial charge in [0.15, 0.2) is 0 Å². The lowest BCUT2D eigenvalue weighted by Crippen LogP contribution is -2.50. The summed E-state index contributed by atoms with van der Waals surface area (Å²) in [6.45, 7) is 0.625. The minimum Gasteiger partial charge on any atom is -0.213 e. The summed E-state index contributed by atoms with van der Waals surface area (Å²) >= 11 is 5.79. The smallest absolute Gasteiger partial charge is 0.213 e. The first-order valence-electron chi connectivity index (χ1n) is 6.36. The zero-order valence-corrected chi connectivity index (χ0v) is 14.0. The molecule has 1 heterocycles. The molecule has 1 aromatic rings. The van der Waals surface area contributed by atoms with E-state index >= 15 is 0 Å². The third-order valence-corrected chi connectivity index (χ3v) is 6.99. The third kappa shape index (κ3) is 3.57. The molecule has 118 valence electrons. The van der Waals surface area contributed by atoms with Crippen molar-refractivity contribution in [2.24, 2.45) is 0 Å². The fourth-order valence-corrected chi connectivity index (χ4v) is 5.03. The maximum Gasteiger partial charge on any atom is 0.243 e. The number of sulfonamides is 2. The second-order valence-electron chi connectivity index (χ2n) is 4.81. The molecule has 1 fully saturated rings. The Bertz CT molecular complexity index is 711. The first kappa shape index (κ1) is 16.7. The van der Waals surface area contributed by atoms with Gasteiger partial charge in [-0.2, -0.15) is 8.61 Å². The molecule has 6 nitrogen and oxygen atoms in total. The number of hydrogen-bond donors (Lipinski definition) is 0. The predicted octanol–water partition coefficient (Wildman–Crippen LogP) is 0.691. The maximum absolute atomic E-state index is 12.6. The second kappa shape index (κ2) is 6.21. The van der Waals surface area contributed by atoms with Crippen LogP contribution in [0.3, 0.4) is 0 Å². The molecule has 0 amide bonds. The van der Waals surface area contributed by atoms with Crippen LogP contribution in [-0.2, 0) is 25.9 Å². The first-order valence-corrected chi connectivity index (χ1v) is 10.2. The van der Waals surface area contributed by atoms with E-state index in [1.807, 2.05) is 0 Å². The lowest BCUT2D eigenvalue weighted by Gasteiger charge is -2.32. The Balaban J connectivity index is 2.23. The third-order valence-electron chi connectivity index (χ3n) is 3.40. The van der Waals surface area contributed by atoms with E-state index in [2.05, 4.69) is 0 Å².